The van der Waals surface area contributed by atoms with Gasteiger partial charge in [0.2, 0.25) is 0 Å². The summed E-state index contributed by atoms with van der Waals surface area (Å²) in [6, 6.07) is 0. The highest BCUT2D eigenvalue weighted by Gasteiger charge is 1.86. The van der Waals surface area contributed by atoms with E-state index in [9.17, 15) is 0 Å². The van der Waals surface area contributed by atoms with Crippen molar-refractivity contribution in [1.82, 2.24) is 0 Å². The molecular formula is C10H18. The minimum Gasteiger partial charge on any atom is -0.103 e. The van der Waals surface area contributed by atoms with Crippen LogP contribution in [0.5, 0.6) is 0 Å². The van der Waals surface area contributed by atoms with Gasteiger partial charge in [-0.05, 0) is 26.2 Å². The fourth-order valence-corrected chi connectivity index (χ4v) is 0.842. The molecule has 0 aliphatic carbocycles. The van der Waals surface area contributed by atoms with E-state index >= 15 is 0 Å². The summed E-state index contributed by atoms with van der Waals surface area (Å²) in [5.74, 6) is 0. The number of rotatable bonds is 5. The summed E-state index contributed by atoms with van der Waals surface area (Å²) in [6.45, 7) is 8.08. The van der Waals surface area contributed by atoms with Gasteiger partial charge in [0.25, 0.3) is 0 Å². The molecule has 0 heterocycles. The Bertz CT molecular complexity index is 109. The Labute approximate surface area is 64.6 Å². The van der Waals surface area contributed by atoms with E-state index in [1.165, 1.54) is 24.8 Å². The Kier molecular flexibility index (Phi) is 6.25. The van der Waals surface area contributed by atoms with Crippen LogP contribution >= 0.6 is 0 Å². The van der Waals surface area contributed by atoms with Crippen LogP contribution in [-0.4, -0.2) is 0 Å². The molecule has 0 aromatic rings. The van der Waals surface area contributed by atoms with Crippen molar-refractivity contribution in [3.8, 4) is 0 Å². The summed E-state index contributed by atoms with van der Waals surface area (Å²) >= 11 is 0. The van der Waals surface area contributed by atoms with Crippen molar-refractivity contribution in [3.05, 3.63) is 24.3 Å². The van der Waals surface area contributed by atoms with E-state index in [0.29, 0.717) is 0 Å². The average Bonchev–Trinajstić information content (AvgIpc) is 1.97. The lowest BCUT2D eigenvalue weighted by Gasteiger charge is -1.96. The molecule has 0 nitrogen and oxygen atoms in total. The van der Waals surface area contributed by atoms with Crippen LogP contribution in [0.1, 0.15) is 39.5 Å². The van der Waals surface area contributed by atoms with E-state index in [2.05, 4.69) is 26.5 Å². The molecule has 0 bridgehead atoms. The molecule has 0 saturated heterocycles. The van der Waals surface area contributed by atoms with Crippen LogP contribution in [0.15, 0.2) is 24.3 Å². The minimum absolute atomic E-state index is 1.02. The smallest absolute Gasteiger partial charge is 0.0169 e. The van der Waals surface area contributed by atoms with E-state index in [0.717, 1.165) is 6.42 Å². The molecule has 10 heavy (non-hydrogen) atoms. The molecule has 0 spiro atoms. The van der Waals surface area contributed by atoms with Crippen LogP contribution in [0.25, 0.3) is 0 Å². The van der Waals surface area contributed by atoms with Crippen LogP contribution in [0.3, 0.4) is 0 Å². The van der Waals surface area contributed by atoms with E-state index in [1.54, 1.807) is 0 Å². The van der Waals surface area contributed by atoms with E-state index < -0.39 is 0 Å². The fraction of sp³-hybridized carbons (Fsp3) is 0.600. The Morgan fingerprint density at radius 2 is 2.20 bits per heavy atom. The predicted octanol–water partition coefficient (Wildman–Crippen LogP) is 3.70. The topological polar surface area (TPSA) is 0 Å². The van der Waals surface area contributed by atoms with Gasteiger partial charge in [-0.1, -0.05) is 31.1 Å². The van der Waals surface area contributed by atoms with Gasteiger partial charge in [-0.2, -0.15) is 0 Å². The maximum atomic E-state index is 3.67. The third-order valence-corrected chi connectivity index (χ3v) is 1.56. The molecule has 0 rings (SSSR count). The van der Waals surface area contributed by atoms with Gasteiger partial charge in [-0.3, -0.25) is 0 Å². The summed E-state index contributed by atoms with van der Waals surface area (Å²) in [7, 11) is 0. The molecule has 0 unspecified atom stereocenters. The lowest BCUT2D eigenvalue weighted by atomic mass is 10.1. The van der Waals surface area contributed by atoms with Gasteiger partial charge >= 0.3 is 0 Å². The lowest BCUT2D eigenvalue weighted by molar-refractivity contribution is 0.785. The van der Waals surface area contributed by atoms with Gasteiger partial charge < -0.3 is 0 Å². The maximum Gasteiger partial charge on any atom is -0.0169 e. The first-order valence-electron chi connectivity index (χ1n) is 4.07. The monoisotopic (exact) mass is 138 g/mol. The summed E-state index contributed by atoms with van der Waals surface area (Å²) in [4.78, 5) is 0. The zero-order valence-corrected chi connectivity index (χ0v) is 7.19. The molecule has 0 aliphatic rings. The van der Waals surface area contributed by atoms with Crippen LogP contribution in [0.4, 0.5) is 0 Å². The first-order chi connectivity index (χ1) is 4.81. The molecule has 0 saturated carbocycles. The zero-order valence-electron chi connectivity index (χ0n) is 7.19. The van der Waals surface area contributed by atoms with Gasteiger partial charge in [0.1, 0.15) is 0 Å². The number of hydrogen-bond acceptors (Lipinski definition) is 0. The molecule has 0 aromatic carbocycles. The normalized spacial score (nSPS) is 11.6. The van der Waals surface area contributed by atoms with Crippen molar-refractivity contribution in [2.24, 2.45) is 0 Å². The second kappa shape index (κ2) is 6.60. The molecule has 0 heteroatoms. The molecule has 0 amide bonds. The van der Waals surface area contributed by atoms with E-state index in [4.69, 9.17) is 0 Å². The van der Waals surface area contributed by atoms with Gasteiger partial charge in [0.05, 0.1) is 0 Å². The third-order valence-electron chi connectivity index (χ3n) is 1.56. The number of allylic oxidation sites excluding steroid dienone is 3. The highest BCUT2D eigenvalue weighted by atomic mass is 13.9. The summed E-state index contributed by atoms with van der Waals surface area (Å²) in [5, 5.41) is 0. The summed E-state index contributed by atoms with van der Waals surface area (Å²) in [5.41, 5.74) is 1.50. The van der Waals surface area contributed by atoms with Crippen molar-refractivity contribution in [2.45, 2.75) is 39.5 Å². The van der Waals surface area contributed by atoms with Crippen molar-refractivity contribution in [1.29, 1.82) is 0 Å². The van der Waals surface area contributed by atoms with Crippen LogP contribution < -0.4 is 0 Å². The Morgan fingerprint density at radius 1 is 1.50 bits per heavy atom. The standard InChI is InChI=1S/C10H18/c1-4-6-8-10(3)9-7-5-2/h4,8H,1,5-7,9H2,2-3H3/b10-8+. The van der Waals surface area contributed by atoms with Gasteiger partial charge in [-0.25, -0.2) is 0 Å². The maximum absolute atomic E-state index is 3.67. The third kappa shape index (κ3) is 5.61. The van der Waals surface area contributed by atoms with Crippen LogP contribution in [0.2, 0.25) is 0 Å². The molecule has 58 valence electrons. The van der Waals surface area contributed by atoms with Crippen molar-refractivity contribution < 1.29 is 0 Å². The van der Waals surface area contributed by atoms with Gasteiger partial charge in [-0.15, -0.1) is 6.58 Å². The Morgan fingerprint density at radius 3 is 2.70 bits per heavy atom. The predicted molar refractivity (Wildman–Crippen MR) is 48.1 cm³/mol. The zero-order chi connectivity index (χ0) is 7.82. The lowest BCUT2D eigenvalue weighted by Crippen LogP contribution is -1.76. The largest absolute Gasteiger partial charge is 0.103 e. The van der Waals surface area contributed by atoms with E-state index in [-0.39, 0.29) is 0 Å². The van der Waals surface area contributed by atoms with Crippen molar-refractivity contribution in [2.75, 3.05) is 0 Å². The first kappa shape index (κ1) is 9.48. The SMILES string of the molecule is C=CC/C=C(\C)CCCC. The summed E-state index contributed by atoms with van der Waals surface area (Å²) < 4.78 is 0. The quantitative estimate of drug-likeness (QED) is 0.508. The highest BCUT2D eigenvalue weighted by Crippen LogP contribution is 2.06. The first-order valence-corrected chi connectivity index (χ1v) is 4.07. The summed E-state index contributed by atoms with van der Waals surface area (Å²) in [6.07, 6.45) is 9.08. The molecule has 0 aliphatic heterocycles. The van der Waals surface area contributed by atoms with Gasteiger partial charge in [0.15, 0.2) is 0 Å². The number of unbranched alkanes of at least 4 members (excludes halogenated alkanes) is 1. The Balaban J connectivity index is 3.38. The van der Waals surface area contributed by atoms with Crippen molar-refractivity contribution >= 4 is 0 Å². The highest BCUT2D eigenvalue weighted by molar-refractivity contribution is 5.00. The molecule has 0 fully saturated rings. The number of hydrogen-bond donors (Lipinski definition) is 0. The van der Waals surface area contributed by atoms with Crippen LogP contribution in [-0.2, 0) is 0 Å². The molecule has 0 atom stereocenters. The molecular weight excluding hydrogens is 120 g/mol. The minimum atomic E-state index is 1.02. The fourth-order valence-electron chi connectivity index (χ4n) is 0.842. The second-order valence-corrected chi connectivity index (χ2v) is 2.68. The Hall–Kier alpha value is -0.520. The molecule has 0 N–H and O–H groups in total. The van der Waals surface area contributed by atoms with E-state index in [1.807, 2.05) is 6.08 Å². The van der Waals surface area contributed by atoms with Gasteiger partial charge in [0, 0.05) is 0 Å². The second-order valence-electron chi connectivity index (χ2n) is 2.68. The average molecular weight is 138 g/mol. The van der Waals surface area contributed by atoms with Crippen LogP contribution in [0, 0.1) is 0 Å². The van der Waals surface area contributed by atoms with Crippen molar-refractivity contribution in [3.63, 3.8) is 0 Å². The molecule has 0 radical (unpaired) electrons. The molecule has 0 aromatic heterocycles.